The van der Waals surface area contributed by atoms with Crippen LogP contribution in [0.1, 0.15) is 52.0 Å². The van der Waals surface area contributed by atoms with Crippen molar-refractivity contribution in [3.05, 3.63) is 45.8 Å². The molecule has 3 rings (SSSR count). The van der Waals surface area contributed by atoms with E-state index in [1.54, 1.807) is 18.4 Å². The van der Waals surface area contributed by atoms with Crippen LogP contribution >= 0.6 is 23.6 Å². The number of benzene rings is 1. The summed E-state index contributed by atoms with van der Waals surface area (Å²) in [4.78, 5) is 13.7. The van der Waals surface area contributed by atoms with Crippen LogP contribution in [0.5, 0.6) is 5.75 Å². The van der Waals surface area contributed by atoms with Crippen molar-refractivity contribution >= 4 is 39.6 Å². The van der Waals surface area contributed by atoms with Gasteiger partial charge in [0.2, 0.25) is 0 Å². The average molecular weight is 419 g/mol. The number of hydrogen-bond donors (Lipinski definition) is 2. The molecule has 0 bridgehead atoms. The van der Waals surface area contributed by atoms with Crippen LogP contribution in [0.4, 0.5) is 5.00 Å². The Balaban J connectivity index is 1.71. The molecule has 1 aromatic heterocycles. The molecule has 1 aliphatic carbocycles. The van der Waals surface area contributed by atoms with Gasteiger partial charge in [0.05, 0.1) is 19.8 Å². The van der Waals surface area contributed by atoms with Crippen molar-refractivity contribution in [1.29, 1.82) is 0 Å². The summed E-state index contributed by atoms with van der Waals surface area (Å²) in [7, 11) is 3.08. The summed E-state index contributed by atoms with van der Waals surface area (Å²) >= 11 is 7.10. The zero-order valence-corrected chi connectivity index (χ0v) is 17.9. The molecule has 0 saturated carbocycles. The Kier molecular flexibility index (Phi) is 7.28. The van der Waals surface area contributed by atoms with Gasteiger partial charge in [-0.1, -0.05) is 25.0 Å². The van der Waals surface area contributed by atoms with Gasteiger partial charge in [-0.25, -0.2) is 4.79 Å². The first kappa shape index (κ1) is 20.6. The summed E-state index contributed by atoms with van der Waals surface area (Å²) in [5.41, 5.74) is 2.88. The molecule has 7 heteroatoms. The molecule has 28 heavy (non-hydrogen) atoms. The Labute approximate surface area is 175 Å². The lowest BCUT2D eigenvalue weighted by Gasteiger charge is -2.12. The van der Waals surface area contributed by atoms with Crippen molar-refractivity contribution in [3.63, 3.8) is 0 Å². The lowest BCUT2D eigenvalue weighted by Crippen LogP contribution is -2.28. The number of thiocarbonyl (C=S) groups is 1. The van der Waals surface area contributed by atoms with E-state index in [9.17, 15) is 4.79 Å². The highest BCUT2D eigenvalue weighted by Crippen LogP contribution is 2.37. The summed E-state index contributed by atoms with van der Waals surface area (Å²) < 4.78 is 10.2. The lowest BCUT2D eigenvalue weighted by atomic mass is 9.96. The van der Waals surface area contributed by atoms with Gasteiger partial charge in [0.15, 0.2) is 5.11 Å². The SMILES string of the molecule is COC(=O)c1c(NC(=S)NCc2ccc(OC)cc2)sc2c1CCCCCC2. The van der Waals surface area contributed by atoms with Gasteiger partial charge in [0, 0.05) is 11.4 Å². The van der Waals surface area contributed by atoms with Gasteiger partial charge in [-0.3, -0.25) is 0 Å². The highest BCUT2D eigenvalue weighted by Gasteiger charge is 2.25. The molecule has 1 heterocycles. The van der Waals surface area contributed by atoms with E-state index in [2.05, 4.69) is 10.6 Å². The van der Waals surface area contributed by atoms with Crippen LogP contribution in [0.3, 0.4) is 0 Å². The first-order valence-corrected chi connectivity index (χ1v) is 10.8. The number of fused-ring (bicyclic) bond motifs is 1. The minimum atomic E-state index is -0.293. The molecular weight excluding hydrogens is 392 g/mol. The van der Waals surface area contributed by atoms with Crippen molar-refractivity contribution < 1.29 is 14.3 Å². The Hall–Kier alpha value is -2.12. The minimum absolute atomic E-state index is 0.293. The quantitative estimate of drug-likeness (QED) is 0.543. The largest absolute Gasteiger partial charge is 0.497 e. The van der Waals surface area contributed by atoms with Crippen LogP contribution in [0.25, 0.3) is 0 Å². The third-order valence-corrected chi connectivity index (χ3v) is 6.35. The molecule has 0 atom stereocenters. The van der Waals surface area contributed by atoms with E-state index in [1.165, 1.54) is 24.8 Å². The Morgan fingerprint density at radius 1 is 1.11 bits per heavy atom. The second kappa shape index (κ2) is 9.89. The number of thiophene rings is 1. The Bertz CT molecular complexity index is 831. The predicted octanol–water partition coefficient (Wildman–Crippen LogP) is 4.69. The number of carbonyl (C=O) groups is 1. The monoisotopic (exact) mass is 418 g/mol. The normalized spacial score (nSPS) is 13.6. The highest BCUT2D eigenvalue weighted by atomic mass is 32.1. The summed E-state index contributed by atoms with van der Waals surface area (Å²) in [6.07, 6.45) is 6.65. The molecule has 1 aliphatic rings. The number of esters is 1. The van der Waals surface area contributed by atoms with Gasteiger partial charge in [0.25, 0.3) is 0 Å². The van der Waals surface area contributed by atoms with Crippen LogP contribution in [-0.4, -0.2) is 25.3 Å². The highest BCUT2D eigenvalue weighted by molar-refractivity contribution is 7.80. The van der Waals surface area contributed by atoms with Crippen LogP contribution in [0.2, 0.25) is 0 Å². The van der Waals surface area contributed by atoms with E-state index in [-0.39, 0.29) is 5.97 Å². The number of nitrogens with one attached hydrogen (secondary N) is 2. The maximum absolute atomic E-state index is 12.5. The van der Waals surface area contributed by atoms with E-state index in [0.29, 0.717) is 17.2 Å². The number of hydrogen-bond acceptors (Lipinski definition) is 5. The number of anilines is 1. The van der Waals surface area contributed by atoms with E-state index in [4.69, 9.17) is 21.7 Å². The summed E-state index contributed by atoms with van der Waals surface area (Å²) in [6, 6.07) is 7.82. The number of methoxy groups -OCH3 is 2. The van der Waals surface area contributed by atoms with Gasteiger partial charge >= 0.3 is 5.97 Å². The van der Waals surface area contributed by atoms with Gasteiger partial charge in [-0.05, 0) is 61.2 Å². The van der Waals surface area contributed by atoms with Gasteiger partial charge < -0.3 is 20.1 Å². The van der Waals surface area contributed by atoms with Crippen molar-refractivity contribution in [2.75, 3.05) is 19.5 Å². The van der Waals surface area contributed by atoms with E-state index in [0.717, 1.165) is 47.6 Å². The smallest absolute Gasteiger partial charge is 0.341 e. The van der Waals surface area contributed by atoms with Crippen LogP contribution < -0.4 is 15.4 Å². The molecule has 2 N–H and O–H groups in total. The molecule has 0 unspecified atom stereocenters. The van der Waals surface area contributed by atoms with Crippen molar-refractivity contribution in [3.8, 4) is 5.75 Å². The lowest BCUT2D eigenvalue weighted by molar-refractivity contribution is 0.0601. The van der Waals surface area contributed by atoms with Crippen LogP contribution in [0.15, 0.2) is 24.3 Å². The van der Waals surface area contributed by atoms with Gasteiger partial charge in [-0.2, -0.15) is 0 Å². The van der Waals surface area contributed by atoms with E-state index >= 15 is 0 Å². The first-order valence-electron chi connectivity index (χ1n) is 9.53. The Morgan fingerprint density at radius 2 is 1.82 bits per heavy atom. The van der Waals surface area contributed by atoms with Crippen molar-refractivity contribution in [2.24, 2.45) is 0 Å². The Morgan fingerprint density at radius 3 is 2.50 bits per heavy atom. The molecule has 2 aromatic rings. The fourth-order valence-electron chi connectivity index (χ4n) is 3.40. The predicted molar refractivity (Wildman–Crippen MR) is 118 cm³/mol. The number of ether oxygens (including phenoxy) is 2. The standard InChI is InChI=1S/C21H26N2O3S2/c1-25-15-11-9-14(10-12-15)13-22-21(27)23-19-18(20(24)26-2)16-7-5-3-4-6-8-17(16)28-19/h9-12H,3-8,13H2,1-2H3,(H2,22,23,27). The van der Waals surface area contributed by atoms with Gasteiger partial charge in [0.1, 0.15) is 10.8 Å². The average Bonchev–Trinajstić information content (AvgIpc) is 3.02. The maximum Gasteiger partial charge on any atom is 0.341 e. The second-order valence-electron chi connectivity index (χ2n) is 6.77. The summed E-state index contributed by atoms with van der Waals surface area (Å²) in [5.74, 6) is 0.529. The van der Waals surface area contributed by atoms with E-state index in [1.807, 2.05) is 24.3 Å². The molecule has 0 fully saturated rings. The molecule has 150 valence electrons. The molecule has 0 radical (unpaired) electrons. The fourth-order valence-corrected chi connectivity index (χ4v) is 4.92. The van der Waals surface area contributed by atoms with E-state index < -0.39 is 0 Å². The van der Waals surface area contributed by atoms with Crippen LogP contribution in [0, 0.1) is 0 Å². The van der Waals surface area contributed by atoms with Gasteiger partial charge in [-0.15, -0.1) is 11.3 Å². The molecule has 1 aromatic carbocycles. The molecular formula is C21H26N2O3S2. The number of aryl methyl sites for hydroxylation is 1. The molecule has 0 aliphatic heterocycles. The molecule has 5 nitrogen and oxygen atoms in total. The third kappa shape index (κ3) is 5.02. The van der Waals surface area contributed by atoms with Crippen LogP contribution in [-0.2, 0) is 24.1 Å². The zero-order chi connectivity index (χ0) is 19.9. The molecule has 0 spiro atoms. The topological polar surface area (TPSA) is 59.6 Å². The second-order valence-corrected chi connectivity index (χ2v) is 8.28. The molecule has 0 saturated heterocycles. The maximum atomic E-state index is 12.5. The van der Waals surface area contributed by atoms with Crippen molar-refractivity contribution in [1.82, 2.24) is 5.32 Å². The number of carbonyl (C=O) groups excluding carboxylic acids is 1. The van der Waals surface area contributed by atoms with Crippen molar-refractivity contribution in [2.45, 2.75) is 45.1 Å². The molecule has 0 amide bonds. The summed E-state index contributed by atoms with van der Waals surface area (Å²) in [5, 5.41) is 7.72. The summed E-state index contributed by atoms with van der Waals surface area (Å²) in [6.45, 7) is 0.592. The number of rotatable bonds is 5. The zero-order valence-electron chi connectivity index (χ0n) is 16.3. The first-order chi connectivity index (χ1) is 13.6. The minimum Gasteiger partial charge on any atom is -0.497 e. The third-order valence-electron chi connectivity index (χ3n) is 4.90. The fraction of sp³-hybridized carbons (Fsp3) is 0.429.